The van der Waals surface area contributed by atoms with E-state index in [2.05, 4.69) is 5.32 Å². The van der Waals surface area contributed by atoms with E-state index in [9.17, 15) is 9.90 Å². The van der Waals surface area contributed by atoms with Crippen molar-refractivity contribution in [1.29, 1.82) is 0 Å². The average Bonchev–Trinajstić information content (AvgIpc) is 2.37. The van der Waals surface area contributed by atoms with E-state index in [-0.39, 0.29) is 0 Å². The van der Waals surface area contributed by atoms with Gasteiger partial charge < -0.3 is 10.4 Å². The summed E-state index contributed by atoms with van der Waals surface area (Å²) in [5.41, 5.74) is 1.27. The Morgan fingerprint density at radius 2 is 1.74 bits per heavy atom. The second-order valence-electron chi connectivity index (χ2n) is 3.98. The van der Waals surface area contributed by atoms with Gasteiger partial charge in [0.2, 0.25) is 0 Å². The van der Waals surface area contributed by atoms with E-state index < -0.39 is 12.0 Å². The first-order valence-corrected chi connectivity index (χ1v) is 6.32. The lowest BCUT2D eigenvalue weighted by Gasteiger charge is -2.16. The van der Waals surface area contributed by atoms with Gasteiger partial charge in [0.15, 0.2) is 6.04 Å². The van der Waals surface area contributed by atoms with Crippen molar-refractivity contribution in [2.45, 2.75) is 6.04 Å². The van der Waals surface area contributed by atoms with Gasteiger partial charge in [0, 0.05) is 15.7 Å². The highest BCUT2D eigenvalue weighted by atomic mass is 35.5. The summed E-state index contributed by atoms with van der Waals surface area (Å²) in [6, 6.07) is 12.7. The molecule has 0 heterocycles. The molecule has 0 fully saturated rings. The molecule has 2 rings (SSSR count). The van der Waals surface area contributed by atoms with Crippen molar-refractivity contribution in [3.63, 3.8) is 0 Å². The molecule has 0 aliphatic heterocycles. The van der Waals surface area contributed by atoms with Crippen LogP contribution in [0.1, 0.15) is 11.6 Å². The van der Waals surface area contributed by atoms with Gasteiger partial charge in [0.1, 0.15) is 0 Å². The van der Waals surface area contributed by atoms with E-state index in [1.807, 2.05) is 0 Å². The van der Waals surface area contributed by atoms with Crippen LogP contribution in [0, 0.1) is 0 Å². The van der Waals surface area contributed by atoms with Gasteiger partial charge in [-0.05, 0) is 35.9 Å². The number of anilines is 1. The molecule has 0 bridgehead atoms. The van der Waals surface area contributed by atoms with E-state index in [4.69, 9.17) is 23.2 Å². The maximum atomic E-state index is 11.3. The zero-order valence-corrected chi connectivity index (χ0v) is 11.3. The van der Waals surface area contributed by atoms with Crippen LogP contribution in [0.25, 0.3) is 0 Å². The fraction of sp³-hybridized carbons (Fsp3) is 0.0714. The predicted octanol–water partition coefficient (Wildman–Crippen LogP) is 4.23. The molecular weight excluding hydrogens is 285 g/mol. The maximum absolute atomic E-state index is 11.3. The van der Waals surface area contributed by atoms with E-state index in [0.29, 0.717) is 21.3 Å². The first kappa shape index (κ1) is 13.7. The van der Waals surface area contributed by atoms with Crippen molar-refractivity contribution in [1.82, 2.24) is 0 Å². The Morgan fingerprint density at radius 1 is 1.05 bits per heavy atom. The highest BCUT2D eigenvalue weighted by Crippen LogP contribution is 2.23. The molecule has 1 unspecified atom stereocenters. The topological polar surface area (TPSA) is 49.3 Å². The number of hydrogen-bond acceptors (Lipinski definition) is 2. The largest absolute Gasteiger partial charge is 0.479 e. The number of halogens is 2. The normalized spacial score (nSPS) is 11.9. The standard InChI is InChI=1S/C14H11Cl2NO2/c15-10-6-4-9(5-7-10)13(14(18)19)17-12-3-1-2-11(16)8-12/h1-8,13,17H,(H,18,19). The van der Waals surface area contributed by atoms with Crippen LogP contribution < -0.4 is 5.32 Å². The molecule has 5 heteroatoms. The number of nitrogens with one attached hydrogen (secondary N) is 1. The second-order valence-corrected chi connectivity index (χ2v) is 4.85. The van der Waals surface area contributed by atoms with Crippen LogP contribution in [-0.4, -0.2) is 11.1 Å². The smallest absolute Gasteiger partial charge is 0.330 e. The molecule has 0 radical (unpaired) electrons. The fourth-order valence-corrected chi connectivity index (χ4v) is 2.00. The van der Waals surface area contributed by atoms with E-state index in [1.54, 1.807) is 48.5 Å². The summed E-state index contributed by atoms with van der Waals surface area (Å²) in [7, 11) is 0. The lowest BCUT2D eigenvalue weighted by molar-refractivity contribution is -0.138. The van der Waals surface area contributed by atoms with E-state index in [1.165, 1.54) is 0 Å². The SMILES string of the molecule is O=C(O)C(Nc1cccc(Cl)c1)c1ccc(Cl)cc1. The van der Waals surface area contributed by atoms with Crippen LogP contribution in [0.5, 0.6) is 0 Å². The summed E-state index contributed by atoms with van der Waals surface area (Å²) < 4.78 is 0. The first-order chi connectivity index (χ1) is 9.06. The molecule has 2 aromatic carbocycles. The molecule has 2 N–H and O–H groups in total. The van der Waals surface area contributed by atoms with Crippen molar-refractivity contribution >= 4 is 34.9 Å². The third kappa shape index (κ3) is 3.63. The zero-order valence-electron chi connectivity index (χ0n) is 9.81. The number of hydrogen-bond donors (Lipinski definition) is 2. The molecule has 0 saturated carbocycles. The van der Waals surface area contributed by atoms with Gasteiger partial charge in [-0.15, -0.1) is 0 Å². The Bertz CT molecular complexity index is 584. The van der Waals surface area contributed by atoms with Crippen LogP contribution in [0.4, 0.5) is 5.69 Å². The second kappa shape index (κ2) is 5.95. The summed E-state index contributed by atoms with van der Waals surface area (Å²) in [6.07, 6.45) is 0. The van der Waals surface area contributed by atoms with Crippen LogP contribution in [0.3, 0.4) is 0 Å². The molecule has 0 aliphatic rings. The Kier molecular flexibility index (Phi) is 4.30. The number of carboxylic acids is 1. The fourth-order valence-electron chi connectivity index (χ4n) is 1.69. The molecule has 0 aliphatic carbocycles. The minimum absolute atomic E-state index is 0.547. The minimum Gasteiger partial charge on any atom is -0.479 e. The van der Waals surface area contributed by atoms with Crippen molar-refractivity contribution < 1.29 is 9.90 Å². The van der Waals surface area contributed by atoms with Gasteiger partial charge in [-0.1, -0.05) is 41.4 Å². The Hall–Kier alpha value is -1.71. The van der Waals surface area contributed by atoms with E-state index >= 15 is 0 Å². The Morgan fingerprint density at radius 3 is 2.32 bits per heavy atom. The molecular formula is C14H11Cl2NO2. The summed E-state index contributed by atoms with van der Waals surface area (Å²) in [6.45, 7) is 0. The average molecular weight is 296 g/mol. The van der Waals surface area contributed by atoms with Gasteiger partial charge in [0.05, 0.1) is 0 Å². The Balaban J connectivity index is 2.26. The van der Waals surface area contributed by atoms with Crippen molar-refractivity contribution in [2.24, 2.45) is 0 Å². The highest BCUT2D eigenvalue weighted by Gasteiger charge is 2.19. The third-order valence-electron chi connectivity index (χ3n) is 2.59. The van der Waals surface area contributed by atoms with Crippen LogP contribution in [0.2, 0.25) is 10.0 Å². The molecule has 0 saturated heterocycles. The molecule has 98 valence electrons. The predicted molar refractivity (Wildman–Crippen MR) is 76.9 cm³/mol. The lowest BCUT2D eigenvalue weighted by atomic mass is 10.1. The monoisotopic (exact) mass is 295 g/mol. The maximum Gasteiger partial charge on any atom is 0.330 e. The summed E-state index contributed by atoms with van der Waals surface area (Å²) >= 11 is 11.7. The van der Waals surface area contributed by atoms with Crippen molar-refractivity contribution in [3.05, 3.63) is 64.1 Å². The molecule has 0 spiro atoms. The number of rotatable bonds is 4. The number of aliphatic carboxylic acids is 1. The van der Waals surface area contributed by atoms with Crippen LogP contribution in [0.15, 0.2) is 48.5 Å². The summed E-state index contributed by atoms with van der Waals surface area (Å²) in [5, 5.41) is 13.3. The van der Waals surface area contributed by atoms with Gasteiger partial charge >= 0.3 is 5.97 Å². The molecule has 0 amide bonds. The number of carbonyl (C=O) groups is 1. The minimum atomic E-state index is -0.970. The third-order valence-corrected chi connectivity index (χ3v) is 3.07. The van der Waals surface area contributed by atoms with Gasteiger partial charge in [-0.25, -0.2) is 4.79 Å². The first-order valence-electron chi connectivity index (χ1n) is 5.56. The molecule has 1 atom stereocenters. The van der Waals surface area contributed by atoms with Crippen molar-refractivity contribution in [3.8, 4) is 0 Å². The van der Waals surface area contributed by atoms with Crippen LogP contribution in [-0.2, 0) is 4.79 Å². The summed E-state index contributed by atoms with van der Waals surface area (Å²) in [5.74, 6) is -0.970. The quantitative estimate of drug-likeness (QED) is 0.887. The van der Waals surface area contributed by atoms with Crippen LogP contribution >= 0.6 is 23.2 Å². The van der Waals surface area contributed by atoms with Gasteiger partial charge in [-0.3, -0.25) is 0 Å². The number of benzene rings is 2. The molecule has 3 nitrogen and oxygen atoms in total. The zero-order chi connectivity index (χ0) is 13.8. The molecule has 19 heavy (non-hydrogen) atoms. The highest BCUT2D eigenvalue weighted by molar-refractivity contribution is 6.31. The van der Waals surface area contributed by atoms with Crippen molar-refractivity contribution in [2.75, 3.05) is 5.32 Å². The Labute approximate surface area is 120 Å². The summed E-state index contributed by atoms with van der Waals surface area (Å²) in [4.78, 5) is 11.3. The molecule has 2 aromatic rings. The molecule has 0 aromatic heterocycles. The van der Waals surface area contributed by atoms with Gasteiger partial charge in [0.25, 0.3) is 0 Å². The number of carboxylic acid groups (broad SMARTS) is 1. The van der Waals surface area contributed by atoms with E-state index in [0.717, 1.165) is 0 Å². The van der Waals surface area contributed by atoms with Gasteiger partial charge in [-0.2, -0.15) is 0 Å². The lowest BCUT2D eigenvalue weighted by Crippen LogP contribution is -2.20.